The normalized spacial score (nSPS) is 11.1. The first kappa shape index (κ1) is 14.1. The molecule has 0 bridgehead atoms. The predicted molar refractivity (Wildman–Crippen MR) is 90.5 cm³/mol. The maximum absolute atomic E-state index is 5.82. The summed E-state index contributed by atoms with van der Waals surface area (Å²) in [6.07, 6.45) is 1.81. The van der Waals surface area contributed by atoms with Crippen LogP contribution in [0, 0.1) is 0 Å². The van der Waals surface area contributed by atoms with Gasteiger partial charge in [-0.25, -0.2) is 9.97 Å². The molecule has 0 saturated carbocycles. The molecular formula is C13H12ClN3S3. The number of rotatable bonds is 5. The molecule has 0 unspecified atom stereocenters. The Morgan fingerprint density at radius 1 is 1.35 bits per heavy atom. The summed E-state index contributed by atoms with van der Waals surface area (Å²) < 4.78 is 2.93. The summed E-state index contributed by atoms with van der Waals surface area (Å²) in [5.41, 5.74) is 2.16. The van der Waals surface area contributed by atoms with Gasteiger partial charge in [0.1, 0.15) is 0 Å². The van der Waals surface area contributed by atoms with Gasteiger partial charge >= 0.3 is 0 Å². The number of hydrogen-bond donors (Lipinski definition) is 1. The molecule has 20 heavy (non-hydrogen) atoms. The Bertz CT molecular complexity index is 723. The zero-order valence-electron chi connectivity index (χ0n) is 10.7. The van der Waals surface area contributed by atoms with E-state index in [1.165, 1.54) is 16.0 Å². The molecule has 2 heterocycles. The van der Waals surface area contributed by atoms with Gasteiger partial charge in [-0.15, -0.1) is 22.7 Å². The fraction of sp³-hybridized carbons (Fsp3) is 0.231. The number of hydrogen-bond acceptors (Lipinski definition) is 6. The van der Waals surface area contributed by atoms with Crippen LogP contribution in [0.1, 0.15) is 11.8 Å². The second-order valence-electron chi connectivity index (χ2n) is 4.03. The Kier molecular flexibility index (Phi) is 4.45. The van der Waals surface area contributed by atoms with E-state index in [2.05, 4.69) is 40.4 Å². The maximum Gasteiger partial charge on any atom is 0.183 e. The lowest BCUT2D eigenvalue weighted by Gasteiger charge is -2.03. The average molecular weight is 342 g/mol. The molecule has 3 nitrogen and oxygen atoms in total. The van der Waals surface area contributed by atoms with Gasteiger partial charge in [-0.05, 0) is 24.0 Å². The molecule has 3 rings (SSSR count). The van der Waals surface area contributed by atoms with Crippen LogP contribution >= 0.6 is 46.0 Å². The number of nitrogens with one attached hydrogen (secondary N) is 1. The van der Waals surface area contributed by atoms with Crippen molar-refractivity contribution in [1.29, 1.82) is 0 Å². The van der Waals surface area contributed by atoms with Crippen LogP contribution in [0.5, 0.6) is 0 Å². The highest BCUT2D eigenvalue weighted by atomic mass is 35.5. The van der Waals surface area contributed by atoms with Gasteiger partial charge in [0, 0.05) is 16.8 Å². The van der Waals surface area contributed by atoms with Gasteiger partial charge in [0.2, 0.25) is 0 Å². The molecule has 0 aliphatic carbocycles. The number of fused-ring (bicyclic) bond motifs is 1. The Hall–Kier alpha value is -0.820. The molecule has 0 atom stereocenters. The highest BCUT2D eigenvalue weighted by Crippen LogP contribution is 2.31. The van der Waals surface area contributed by atoms with E-state index in [-0.39, 0.29) is 0 Å². The highest BCUT2D eigenvalue weighted by Gasteiger charge is 2.05. The summed E-state index contributed by atoms with van der Waals surface area (Å²) >= 11 is 10.9. The van der Waals surface area contributed by atoms with Crippen molar-refractivity contribution < 1.29 is 0 Å². The number of thioether (sulfide) groups is 1. The molecule has 0 fully saturated rings. The van der Waals surface area contributed by atoms with E-state index < -0.39 is 0 Å². The molecule has 0 amide bonds. The van der Waals surface area contributed by atoms with Crippen LogP contribution in [-0.2, 0) is 6.54 Å². The third-order valence-electron chi connectivity index (χ3n) is 2.63. The summed E-state index contributed by atoms with van der Waals surface area (Å²) in [7, 11) is 0. The fourth-order valence-corrected chi connectivity index (χ4v) is 4.68. The van der Waals surface area contributed by atoms with Crippen molar-refractivity contribution in [1.82, 2.24) is 9.97 Å². The molecule has 1 N–H and O–H groups in total. The van der Waals surface area contributed by atoms with Crippen molar-refractivity contribution in [2.75, 3.05) is 11.1 Å². The van der Waals surface area contributed by atoms with Crippen LogP contribution in [0.15, 0.2) is 28.7 Å². The molecule has 0 spiro atoms. The molecule has 104 valence electrons. The Morgan fingerprint density at radius 3 is 3.00 bits per heavy atom. The summed E-state index contributed by atoms with van der Waals surface area (Å²) in [6.45, 7) is 2.88. The van der Waals surface area contributed by atoms with Crippen LogP contribution in [0.2, 0.25) is 4.47 Å². The third-order valence-corrected chi connectivity index (χ3v) is 5.79. The standard InChI is InChI=1S/C13H12ClN3S3/c1-2-18-13-17-10-4-3-8(5-11(10)20-13)15-6-9-7-16-12(14)19-9/h3-5,7,15H,2,6H2,1H3. The van der Waals surface area contributed by atoms with E-state index in [1.807, 2.05) is 0 Å². The second kappa shape index (κ2) is 6.30. The fourth-order valence-electron chi connectivity index (χ4n) is 1.75. The van der Waals surface area contributed by atoms with Gasteiger partial charge in [-0.2, -0.15) is 0 Å². The van der Waals surface area contributed by atoms with E-state index in [0.717, 1.165) is 32.7 Å². The number of benzene rings is 1. The monoisotopic (exact) mass is 341 g/mol. The number of aromatic nitrogens is 2. The number of halogens is 1. The largest absolute Gasteiger partial charge is 0.380 e. The number of anilines is 1. The molecule has 0 radical (unpaired) electrons. The average Bonchev–Trinajstić information content (AvgIpc) is 3.02. The Balaban J connectivity index is 1.74. The lowest BCUT2D eigenvalue weighted by atomic mass is 10.3. The molecule has 2 aromatic heterocycles. The van der Waals surface area contributed by atoms with Gasteiger partial charge in [-0.1, -0.05) is 30.3 Å². The van der Waals surface area contributed by atoms with Gasteiger partial charge in [0.25, 0.3) is 0 Å². The topological polar surface area (TPSA) is 37.8 Å². The molecule has 0 aliphatic rings. The van der Waals surface area contributed by atoms with Crippen LogP contribution < -0.4 is 5.32 Å². The summed E-state index contributed by atoms with van der Waals surface area (Å²) in [5.74, 6) is 1.05. The van der Waals surface area contributed by atoms with Crippen LogP contribution in [0.3, 0.4) is 0 Å². The minimum absolute atomic E-state index is 0.584. The summed E-state index contributed by atoms with van der Waals surface area (Å²) in [5, 5.41) is 3.39. The molecule has 3 aromatic rings. The van der Waals surface area contributed by atoms with Crippen molar-refractivity contribution in [3.8, 4) is 0 Å². The van der Waals surface area contributed by atoms with Gasteiger partial charge in [-0.3, -0.25) is 0 Å². The van der Waals surface area contributed by atoms with E-state index in [9.17, 15) is 0 Å². The first-order valence-electron chi connectivity index (χ1n) is 6.12. The van der Waals surface area contributed by atoms with E-state index in [1.54, 1.807) is 29.3 Å². The first-order valence-corrected chi connectivity index (χ1v) is 9.11. The van der Waals surface area contributed by atoms with Crippen molar-refractivity contribution in [2.24, 2.45) is 0 Å². The maximum atomic E-state index is 5.82. The SMILES string of the molecule is CCSc1nc2ccc(NCc3cnc(Cl)s3)cc2s1. The van der Waals surface area contributed by atoms with Crippen LogP contribution in [0.25, 0.3) is 10.2 Å². The lowest BCUT2D eigenvalue weighted by Crippen LogP contribution is -1.96. The summed E-state index contributed by atoms with van der Waals surface area (Å²) in [4.78, 5) is 9.76. The minimum Gasteiger partial charge on any atom is -0.380 e. The zero-order chi connectivity index (χ0) is 13.9. The highest BCUT2D eigenvalue weighted by molar-refractivity contribution is 8.01. The number of nitrogens with zero attached hydrogens (tertiary/aromatic N) is 2. The quantitative estimate of drug-likeness (QED) is 0.653. The van der Waals surface area contributed by atoms with E-state index >= 15 is 0 Å². The third kappa shape index (κ3) is 3.25. The number of thiazole rings is 2. The second-order valence-corrected chi connectivity index (χ2v) is 8.27. The summed E-state index contributed by atoms with van der Waals surface area (Å²) in [6, 6.07) is 6.27. The van der Waals surface area contributed by atoms with Crippen LogP contribution in [0.4, 0.5) is 5.69 Å². The minimum atomic E-state index is 0.584. The van der Waals surface area contributed by atoms with Gasteiger partial charge in [0.15, 0.2) is 8.81 Å². The van der Waals surface area contributed by atoms with E-state index in [4.69, 9.17) is 11.6 Å². The van der Waals surface area contributed by atoms with Crippen molar-refractivity contribution in [3.63, 3.8) is 0 Å². The van der Waals surface area contributed by atoms with Crippen molar-refractivity contribution >= 4 is 61.9 Å². The Labute approximate surface area is 134 Å². The smallest absolute Gasteiger partial charge is 0.183 e. The molecular weight excluding hydrogens is 330 g/mol. The van der Waals surface area contributed by atoms with Gasteiger partial charge < -0.3 is 5.32 Å². The first-order chi connectivity index (χ1) is 9.74. The van der Waals surface area contributed by atoms with Gasteiger partial charge in [0.05, 0.1) is 16.8 Å². The Morgan fingerprint density at radius 2 is 2.25 bits per heavy atom. The zero-order valence-corrected chi connectivity index (χ0v) is 13.9. The van der Waals surface area contributed by atoms with Crippen LogP contribution in [-0.4, -0.2) is 15.7 Å². The van der Waals surface area contributed by atoms with E-state index in [0.29, 0.717) is 4.47 Å². The molecule has 1 aromatic carbocycles. The molecule has 7 heteroatoms. The molecule has 0 aliphatic heterocycles. The molecule has 0 saturated heterocycles. The predicted octanol–water partition coefficient (Wildman–Crippen LogP) is 5.13. The lowest BCUT2D eigenvalue weighted by molar-refractivity contribution is 1.18. The van der Waals surface area contributed by atoms with Crippen molar-refractivity contribution in [2.45, 2.75) is 17.8 Å². The van der Waals surface area contributed by atoms with Crippen molar-refractivity contribution in [3.05, 3.63) is 33.7 Å².